The third-order valence-electron chi connectivity index (χ3n) is 3.12. The molecule has 4 nitrogen and oxygen atoms in total. The number of phenolic OH excluding ortho intramolecular Hbond substituents is 1. The number of aromatic hydroxyl groups is 1. The van der Waals surface area contributed by atoms with Crippen molar-refractivity contribution in [2.24, 2.45) is 0 Å². The van der Waals surface area contributed by atoms with Gasteiger partial charge in [0.05, 0.1) is 7.11 Å². The van der Waals surface area contributed by atoms with Crippen LogP contribution in [0.2, 0.25) is 0 Å². The summed E-state index contributed by atoms with van der Waals surface area (Å²) in [5.74, 6) is -0.544. The first-order valence-corrected chi connectivity index (χ1v) is 6.27. The Morgan fingerprint density at radius 2 is 1.85 bits per heavy atom. The standard InChI is InChI=1S/C16H18O4/c1-19-15-9-13(10-16(18,11-15)20-2)4-3-12-5-7-14(17)8-6-12/h3-9,11,17-18H,10H2,1-2H3. The molecule has 4 heteroatoms. The third-order valence-corrected chi connectivity index (χ3v) is 3.12. The second kappa shape index (κ2) is 5.94. The molecule has 20 heavy (non-hydrogen) atoms. The Morgan fingerprint density at radius 1 is 1.15 bits per heavy atom. The van der Waals surface area contributed by atoms with Crippen molar-refractivity contribution in [3.8, 4) is 5.75 Å². The Labute approximate surface area is 118 Å². The largest absolute Gasteiger partial charge is 0.508 e. The third kappa shape index (κ3) is 3.50. The van der Waals surface area contributed by atoms with Crippen LogP contribution in [0.3, 0.4) is 0 Å². The van der Waals surface area contributed by atoms with Gasteiger partial charge in [-0.1, -0.05) is 24.3 Å². The Morgan fingerprint density at radius 3 is 2.45 bits per heavy atom. The van der Waals surface area contributed by atoms with Gasteiger partial charge in [-0.25, -0.2) is 0 Å². The number of rotatable bonds is 4. The van der Waals surface area contributed by atoms with Crippen LogP contribution in [0, 0.1) is 0 Å². The summed E-state index contributed by atoms with van der Waals surface area (Å²) in [4.78, 5) is 0. The maximum absolute atomic E-state index is 10.2. The Balaban J connectivity index is 2.18. The molecule has 1 atom stereocenters. The predicted molar refractivity (Wildman–Crippen MR) is 76.9 cm³/mol. The Kier molecular flexibility index (Phi) is 4.27. The van der Waals surface area contributed by atoms with Crippen molar-refractivity contribution in [2.45, 2.75) is 12.2 Å². The van der Waals surface area contributed by atoms with Crippen molar-refractivity contribution in [1.29, 1.82) is 0 Å². The molecule has 0 saturated carbocycles. The van der Waals surface area contributed by atoms with Crippen LogP contribution >= 0.6 is 0 Å². The summed E-state index contributed by atoms with van der Waals surface area (Å²) >= 11 is 0. The first-order chi connectivity index (χ1) is 9.54. The molecule has 0 radical (unpaired) electrons. The molecule has 0 saturated heterocycles. The summed E-state index contributed by atoms with van der Waals surface area (Å²) in [6.07, 6.45) is 7.54. The van der Waals surface area contributed by atoms with Gasteiger partial charge in [0.25, 0.3) is 0 Å². The zero-order chi connectivity index (χ0) is 14.6. The monoisotopic (exact) mass is 274 g/mol. The lowest BCUT2D eigenvalue weighted by Crippen LogP contribution is -2.31. The van der Waals surface area contributed by atoms with E-state index in [1.807, 2.05) is 30.4 Å². The lowest BCUT2D eigenvalue weighted by atomic mass is 9.97. The van der Waals surface area contributed by atoms with E-state index in [0.717, 1.165) is 11.1 Å². The smallest absolute Gasteiger partial charge is 0.192 e. The van der Waals surface area contributed by atoms with E-state index in [9.17, 15) is 10.2 Å². The molecule has 0 spiro atoms. The number of methoxy groups -OCH3 is 2. The van der Waals surface area contributed by atoms with Gasteiger partial charge in [0, 0.05) is 19.6 Å². The van der Waals surface area contributed by atoms with E-state index in [0.29, 0.717) is 12.2 Å². The van der Waals surface area contributed by atoms with Crippen LogP contribution in [0.4, 0.5) is 0 Å². The van der Waals surface area contributed by atoms with E-state index < -0.39 is 5.79 Å². The van der Waals surface area contributed by atoms with Crippen molar-refractivity contribution < 1.29 is 19.7 Å². The van der Waals surface area contributed by atoms with Crippen molar-refractivity contribution in [3.05, 3.63) is 59.4 Å². The maximum Gasteiger partial charge on any atom is 0.192 e. The van der Waals surface area contributed by atoms with E-state index in [1.54, 1.807) is 25.3 Å². The number of allylic oxidation sites excluding steroid dienone is 2. The second-order valence-corrected chi connectivity index (χ2v) is 4.62. The summed E-state index contributed by atoms with van der Waals surface area (Å²) in [7, 11) is 3.00. The van der Waals surface area contributed by atoms with Crippen molar-refractivity contribution >= 4 is 6.08 Å². The number of hydrogen-bond acceptors (Lipinski definition) is 4. The highest BCUT2D eigenvalue weighted by molar-refractivity contribution is 5.55. The minimum absolute atomic E-state index is 0.234. The van der Waals surface area contributed by atoms with Crippen LogP contribution in [-0.4, -0.2) is 30.2 Å². The summed E-state index contributed by atoms with van der Waals surface area (Å²) in [5.41, 5.74) is 1.85. The molecule has 1 aromatic rings. The van der Waals surface area contributed by atoms with Gasteiger partial charge in [-0.3, -0.25) is 0 Å². The highest BCUT2D eigenvalue weighted by atomic mass is 16.6. The highest BCUT2D eigenvalue weighted by Crippen LogP contribution is 2.28. The summed E-state index contributed by atoms with van der Waals surface area (Å²) in [5, 5.41) is 19.4. The zero-order valence-electron chi connectivity index (χ0n) is 11.5. The average molecular weight is 274 g/mol. The van der Waals surface area contributed by atoms with Crippen molar-refractivity contribution in [3.63, 3.8) is 0 Å². The minimum atomic E-state index is -1.34. The molecule has 0 aromatic heterocycles. The van der Waals surface area contributed by atoms with Gasteiger partial charge in [0.1, 0.15) is 11.5 Å². The lowest BCUT2D eigenvalue weighted by molar-refractivity contribution is -0.146. The summed E-state index contributed by atoms with van der Waals surface area (Å²) < 4.78 is 10.3. The van der Waals surface area contributed by atoms with Gasteiger partial charge in [0.15, 0.2) is 5.79 Å². The minimum Gasteiger partial charge on any atom is -0.508 e. The normalized spacial score (nSPS) is 22.6. The van der Waals surface area contributed by atoms with Gasteiger partial charge < -0.3 is 19.7 Å². The molecule has 1 aromatic carbocycles. The predicted octanol–water partition coefficient (Wildman–Crippen LogP) is 2.60. The molecule has 0 amide bonds. The molecule has 2 N–H and O–H groups in total. The quantitative estimate of drug-likeness (QED) is 0.829. The first kappa shape index (κ1) is 14.4. The summed E-state index contributed by atoms with van der Waals surface area (Å²) in [6.45, 7) is 0. The van der Waals surface area contributed by atoms with Gasteiger partial charge in [-0.15, -0.1) is 0 Å². The molecule has 1 aliphatic rings. The molecular formula is C16H18O4. The molecule has 2 rings (SSSR count). The number of phenols is 1. The molecule has 0 fully saturated rings. The van der Waals surface area contributed by atoms with Crippen molar-refractivity contribution in [1.82, 2.24) is 0 Å². The zero-order valence-corrected chi connectivity index (χ0v) is 11.5. The molecule has 106 valence electrons. The second-order valence-electron chi connectivity index (χ2n) is 4.62. The van der Waals surface area contributed by atoms with Crippen LogP contribution in [0.1, 0.15) is 12.0 Å². The fraction of sp³-hybridized carbons (Fsp3) is 0.250. The van der Waals surface area contributed by atoms with Gasteiger partial charge in [-0.2, -0.15) is 0 Å². The van der Waals surface area contributed by atoms with E-state index in [1.165, 1.54) is 7.11 Å². The van der Waals surface area contributed by atoms with Crippen LogP contribution in [0.5, 0.6) is 5.75 Å². The topological polar surface area (TPSA) is 58.9 Å². The van der Waals surface area contributed by atoms with E-state index in [-0.39, 0.29) is 5.75 Å². The number of aliphatic hydroxyl groups is 1. The maximum atomic E-state index is 10.2. The SMILES string of the molecule is COC1=CC(O)(OC)CC(C=Cc2ccc(O)cc2)=C1. The molecule has 0 aliphatic heterocycles. The van der Waals surface area contributed by atoms with Crippen LogP contribution < -0.4 is 0 Å². The van der Waals surface area contributed by atoms with E-state index in [4.69, 9.17) is 9.47 Å². The number of hydrogen-bond donors (Lipinski definition) is 2. The molecule has 1 unspecified atom stereocenters. The fourth-order valence-corrected chi connectivity index (χ4v) is 1.99. The van der Waals surface area contributed by atoms with Crippen LogP contribution in [0.15, 0.2) is 53.8 Å². The number of ether oxygens (including phenoxy) is 2. The highest BCUT2D eigenvalue weighted by Gasteiger charge is 2.28. The molecule has 1 aliphatic carbocycles. The van der Waals surface area contributed by atoms with E-state index in [2.05, 4.69) is 0 Å². The summed E-state index contributed by atoms with van der Waals surface area (Å²) in [6, 6.07) is 6.87. The van der Waals surface area contributed by atoms with Gasteiger partial charge in [-0.05, 0) is 29.3 Å². The fourth-order valence-electron chi connectivity index (χ4n) is 1.99. The Bertz CT molecular complexity index is 554. The first-order valence-electron chi connectivity index (χ1n) is 6.27. The van der Waals surface area contributed by atoms with Gasteiger partial charge >= 0.3 is 0 Å². The molecular weight excluding hydrogens is 256 g/mol. The lowest BCUT2D eigenvalue weighted by Gasteiger charge is -2.27. The Hall–Kier alpha value is -2.04. The molecule has 0 bridgehead atoms. The van der Waals surface area contributed by atoms with Crippen molar-refractivity contribution in [2.75, 3.05) is 14.2 Å². The number of benzene rings is 1. The average Bonchev–Trinajstić information content (AvgIpc) is 2.46. The van der Waals surface area contributed by atoms with Gasteiger partial charge in [0.2, 0.25) is 0 Å². The van der Waals surface area contributed by atoms with E-state index >= 15 is 0 Å². The van der Waals surface area contributed by atoms with Crippen LogP contribution in [-0.2, 0) is 9.47 Å². The van der Waals surface area contributed by atoms with Crippen LogP contribution in [0.25, 0.3) is 6.08 Å². The molecule has 0 heterocycles.